The summed E-state index contributed by atoms with van der Waals surface area (Å²) in [5, 5.41) is 9.64. The molecule has 8 heteroatoms. The molecule has 2 aliphatic rings. The minimum atomic E-state index is -1.52. The van der Waals surface area contributed by atoms with E-state index in [9.17, 15) is 19.5 Å². The predicted octanol–water partition coefficient (Wildman–Crippen LogP) is -0.738. The van der Waals surface area contributed by atoms with Crippen molar-refractivity contribution >= 4 is 17.9 Å². The first kappa shape index (κ1) is 16.2. The Morgan fingerprint density at radius 3 is 2.05 bits per heavy atom. The van der Waals surface area contributed by atoms with Crippen molar-refractivity contribution in [1.29, 1.82) is 0 Å². The van der Waals surface area contributed by atoms with Crippen molar-refractivity contribution in [3.05, 3.63) is 23.3 Å². The largest absolute Gasteiger partial charge is 0.466 e. The maximum absolute atomic E-state index is 12.1. The third-order valence-corrected chi connectivity index (χ3v) is 3.59. The SMILES string of the molecule is COC(=O)C1=C(C(=O)OC)[C@@]2(COC(C)=O)C=C[C@]1(CO)O2. The van der Waals surface area contributed by atoms with Crippen molar-refractivity contribution in [2.75, 3.05) is 27.4 Å². The van der Waals surface area contributed by atoms with Crippen LogP contribution in [0.5, 0.6) is 0 Å². The second kappa shape index (κ2) is 5.54. The molecule has 120 valence electrons. The first-order chi connectivity index (χ1) is 10.4. The maximum Gasteiger partial charge on any atom is 0.337 e. The van der Waals surface area contributed by atoms with Crippen LogP contribution in [0, 0.1) is 0 Å². The molecule has 0 aromatic carbocycles. The lowest BCUT2D eigenvalue weighted by Gasteiger charge is -2.25. The summed E-state index contributed by atoms with van der Waals surface area (Å²) in [6.07, 6.45) is 2.90. The van der Waals surface area contributed by atoms with E-state index < -0.39 is 35.7 Å². The summed E-state index contributed by atoms with van der Waals surface area (Å²) in [5.74, 6) is -2.24. The van der Waals surface area contributed by atoms with Gasteiger partial charge in [-0.25, -0.2) is 9.59 Å². The van der Waals surface area contributed by atoms with E-state index in [1.54, 1.807) is 0 Å². The number of carbonyl (C=O) groups excluding carboxylic acids is 3. The van der Waals surface area contributed by atoms with Gasteiger partial charge in [0.05, 0.1) is 32.0 Å². The molecule has 0 aliphatic carbocycles. The summed E-state index contributed by atoms with van der Waals surface area (Å²) in [7, 11) is 2.29. The highest BCUT2D eigenvalue weighted by molar-refractivity contribution is 6.06. The molecular formula is C14H16O8. The molecule has 2 rings (SSSR count). The number of fused-ring (bicyclic) bond motifs is 2. The fourth-order valence-corrected chi connectivity index (χ4v) is 2.63. The number of methoxy groups -OCH3 is 2. The Kier molecular flexibility index (Phi) is 4.08. The minimum Gasteiger partial charge on any atom is -0.466 e. The average Bonchev–Trinajstić information content (AvgIpc) is 3.03. The van der Waals surface area contributed by atoms with Crippen molar-refractivity contribution in [3.8, 4) is 0 Å². The summed E-state index contributed by atoms with van der Waals surface area (Å²) in [6, 6.07) is 0. The second-order valence-electron chi connectivity index (χ2n) is 4.89. The molecule has 1 N–H and O–H groups in total. The molecular weight excluding hydrogens is 296 g/mol. The number of aliphatic hydroxyl groups excluding tert-OH is 1. The van der Waals surface area contributed by atoms with Gasteiger partial charge in [0.1, 0.15) is 12.2 Å². The molecule has 0 saturated heterocycles. The van der Waals surface area contributed by atoms with Gasteiger partial charge in [-0.2, -0.15) is 0 Å². The van der Waals surface area contributed by atoms with E-state index in [1.807, 2.05) is 0 Å². The number of hydrogen-bond donors (Lipinski definition) is 1. The Balaban J connectivity index is 2.57. The van der Waals surface area contributed by atoms with E-state index in [0.717, 1.165) is 14.2 Å². The minimum absolute atomic E-state index is 0.139. The van der Waals surface area contributed by atoms with Crippen molar-refractivity contribution < 1.29 is 38.4 Å². The van der Waals surface area contributed by atoms with Crippen LogP contribution in [0.25, 0.3) is 0 Å². The van der Waals surface area contributed by atoms with E-state index in [0.29, 0.717) is 0 Å². The lowest BCUT2D eigenvalue weighted by Crippen LogP contribution is -2.39. The molecule has 8 nitrogen and oxygen atoms in total. The van der Waals surface area contributed by atoms with Gasteiger partial charge >= 0.3 is 17.9 Å². The van der Waals surface area contributed by atoms with Gasteiger partial charge in [0, 0.05) is 6.92 Å². The van der Waals surface area contributed by atoms with Gasteiger partial charge in [0.2, 0.25) is 0 Å². The molecule has 2 heterocycles. The highest BCUT2D eigenvalue weighted by atomic mass is 16.6. The van der Waals surface area contributed by atoms with Gasteiger partial charge in [-0.15, -0.1) is 0 Å². The Morgan fingerprint density at radius 1 is 1.09 bits per heavy atom. The molecule has 2 atom stereocenters. The highest BCUT2D eigenvalue weighted by Crippen LogP contribution is 2.50. The fourth-order valence-electron chi connectivity index (χ4n) is 2.63. The highest BCUT2D eigenvalue weighted by Gasteiger charge is 2.62. The number of carbonyl (C=O) groups is 3. The van der Waals surface area contributed by atoms with Gasteiger partial charge in [-0.05, 0) is 12.2 Å². The normalized spacial score (nSPS) is 28.7. The lowest BCUT2D eigenvalue weighted by molar-refractivity contribution is -0.153. The monoisotopic (exact) mass is 312 g/mol. The number of hydrogen-bond acceptors (Lipinski definition) is 8. The first-order valence-corrected chi connectivity index (χ1v) is 6.42. The number of ether oxygens (including phenoxy) is 4. The topological polar surface area (TPSA) is 108 Å². The number of rotatable bonds is 5. The summed E-state index contributed by atoms with van der Waals surface area (Å²) < 4.78 is 20.0. The molecule has 0 unspecified atom stereocenters. The Hall–Kier alpha value is -2.19. The van der Waals surface area contributed by atoms with Crippen molar-refractivity contribution in [2.45, 2.75) is 18.1 Å². The zero-order chi connectivity index (χ0) is 16.5. The molecule has 0 fully saturated rings. The van der Waals surface area contributed by atoms with Crippen LogP contribution in [0.4, 0.5) is 0 Å². The van der Waals surface area contributed by atoms with Crippen LogP contribution in [0.2, 0.25) is 0 Å². The van der Waals surface area contributed by atoms with Crippen LogP contribution in [-0.4, -0.2) is 61.6 Å². The molecule has 2 bridgehead atoms. The zero-order valence-corrected chi connectivity index (χ0v) is 12.4. The summed E-state index contributed by atoms with van der Waals surface area (Å²) in [5.41, 5.74) is -3.29. The van der Waals surface area contributed by atoms with Crippen LogP contribution >= 0.6 is 0 Å². The van der Waals surface area contributed by atoms with Gasteiger partial charge in [-0.3, -0.25) is 4.79 Å². The molecule has 0 aromatic heterocycles. The van der Waals surface area contributed by atoms with Crippen molar-refractivity contribution in [2.24, 2.45) is 0 Å². The van der Waals surface area contributed by atoms with E-state index in [-0.39, 0.29) is 17.8 Å². The van der Waals surface area contributed by atoms with Gasteiger partial charge in [-0.1, -0.05) is 0 Å². The second-order valence-corrected chi connectivity index (χ2v) is 4.89. The van der Waals surface area contributed by atoms with Crippen molar-refractivity contribution in [3.63, 3.8) is 0 Å². The van der Waals surface area contributed by atoms with E-state index >= 15 is 0 Å². The Bertz CT molecular complexity index is 590. The van der Waals surface area contributed by atoms with Crippen molar-refractivity contribution in [1.82, 2.24) is 0 Å². The maximum atomic E-state index is 12.1. The number of aliphatic hydroxyl groups is 1. The molecule has 22 heavy (non-hydrogen) atoms. The molecule has 0 radical (unpaired) electrons. The van der Waals surface area contributed by atoms with E-state index in [4.69, 9.17) is 14.2 Å². The molecule has 0 amide bonds. The standard InChI is InChI=1S/C14H16O8/c1-8(16)21-7-14-5-4-13(6-15,22-14)9(11(17)19-2)10(14)12(18)20-3/h4-5,15H,6-7H2,1-3H3/t13-,14+/m1/s1. The summed E-state index contributed by atoms with van der Waals surface area (Å²) in [4.78, 5) is 35.2. The van der Waals surface area contributed by atoms with Gasteiger partial charge in [0.15, 0.2) is 5.60 Å². The summed E-state index contributed by atoms with van der Waals surface area (Å²) in [6.45, 7) is 0.286. The molecule has 0 aromatic rings. The fraction of sp³-hybridized carbons (Fsp3) is 0.500. The van der Waals surface area contributed by atoms with Crippen LogP contribution in [0.3, 0.4) is 0 Å². The molecule has 2 aliphatic heterocycles. The third-order valence-electron chi connectivity index (χ3n) is 3.59. The quantitative estimate of drug-likeness (QED) is 0.402. The Labute approximate surface area is 126 Å². The average molecular weight is 312 g/mol. The van der Waals surface area contributed by atoms with Crippen LogP contribution in [0.1, 0.15) is 6.92 Å². The Morgan fingerprint density at radius 2 is 1.59 bits per heavy atom. The van der Waals surface area contributed by atoms with Crippen LogP contribution < -0.4 is 0 Å². The van der Waals surface area contributed by atoms with Gasteiger partial charge < -0.3 is 24.1 Å². The van der Waals surface area contributed by atoms with E-state index in [2.05, 4.69) is 4.74 Å². The number of esters is 3. The molecule has 0 spiro atoms. The van der Waals surface area contributed by atoms with Gasteiger partial charge in [0.25, 0.3) is 0 Å². The van der Waals surface area contributed by atoms with E-state index in [1.165, 1.54) is 19.1 Å². The van der Waals surface area contributed by atoms with Crippen LogP contribution in [-0.2, 0) is 33.3 Å². The lowest BCUT2D eigenvalue weighted by atomic mass is 9.82. The molecule has 0 saturated carbocycles. The zero-order valence-electron chi connectivity index (χ0n) is 12.4. The third kappa shape index (κ3) is 2.20. The smallest absolute Gasteiger partial charge is 0.337 e. The predicted molar refractivity (Wildman–Crippen MR) is 70.5 cm³/mol. The van der Waals surface area contributed by atoms with Crippen LogP contribution in [0.15, 0.2) is 23.3 Å². The summed E-state index contributed by atoms with van der Waals surface area (Å²) >= 11 is 0. The first-order valence-electron chi connectivity index (χ1n) is 6.42.